The van der Waals surface area contributed by atoms with E-state index in [4.69, 9.17) is 0 Å². The topological polar surface area (TPSA) is 67.1 Å². The molecule has 170 valence electrons. The molecule has 1 unspecified atom stereocenters. The van der Waals surface area contributed by atoms with Crippen LogP contribution in [0, 0.1) is 0 Å². The van der Waals surface area contributed by atoms with Crippen molar-refractivity contribution in [1.29, 1.82) is 0 Å². The lowest BCUT2D eigenvalue weighted by Crippen LogP contribution is -2.39. The zero-order valence-corrected chi connectivity index (χ0v) is 21.0. The van der Waals surface area contributed by atoms with Crippen LogP contribution in [0.3, 0.4) is 0 Å². The molecule has 0 spiro atoms. The maximum absolute atomic E-state index is 4.41. The van der Waals surface area contributed by atoms with Gasteiger partial charge in [0.2, 0.25) is 0 Å². The Balaban J connectivity index is 0.00000306. The van der Waals surface area contributed by atoms with Gasteiger partial charge < -0.3 is 10.6 Å². The molecular weight excluding hydrogens is 523 g/mol. The molecule has 0 aliphatic carbocycles. The molecule has 4 aromatic rings. The van der Waals surface area contributed by atoms with Crippen molar-refractivity contribution in [3.8, 4) is 5.69 Å². The molecule has 33 heavy (non-hydrogen) atoms. The summed E-state index contributed by atoms with van der Waals surface area (Å²) >= 11 is 0. The molecule has 0 aliphatic heterocycles. The van der Waals surface area contributed by atoms with Crippen molar-refractivity contribution >= 4 is 29.9 Å². The first-order valence-corrected chi connectivity index (χ1v) is 10.8. The van der Waals surface area contributed by atoms with Crippen molar-refractivity contribution in [2.45, 2.75) is 18.9 Å². The predicted molar refractivity (Wildman–Crippen MR) is 144 cm³/mol. The van der Waals surface area contributed by atoms with Gasteiger partial charge in [-0.25, -0.2) is 9.67 Å². The largest absolute Gasteiger partial charge is 0.356 e. The minimum Gasteiger partial charge on any atom is -0.356 e. The first-order chi connectivity index (χ1) is 15.8. The van der Waals surface area contributed by atoms with Crippen LogP contribution in [0.25, 0.3) is 5.69 Å². The van der Waals surface area contributed by atoms with Crippen LogP contribution >= 0.6 is 24.0 Å². The van der Waals surface area contributed by atoms with Gasteiger partial charge in [0, 0.05) is 26.1 Å². The summed E-state index contributed by atoms with van der Waals surface area (Å²) in [6.07, 6.45) is 4.20. The van der Waals surface area contributed by atoms with E-state index >= 15 is 0 Å². The van der Waals surface area contributed by atoms with Crippen molar-refractivity contribution in [3.63, 3.8) is 0 Å². The summed E-state index contributed by atoms with van der Waals surface area (Å²) in [5.41, 5.74) is 4.81. The molecule has 0 radical (unpaired) electrons. The fraction of sp³-hybridized carbons (Fsp3) is 0.192. The van der Waals surface area contributed by atoms with E-state index < -0.39 is 0 Å². The number of aliphatic imine (C=N–C) groups is 1. The van der Waals surface area contributed by atoms with Gasteiger partial charge >= 0.3 is 0 Å². The number of aromatic nitrogens is 3. The number of nitrogens with one attached hydrogen (secondary N) is 2. The Labute approximate surface area is 212 Å². The Morgan fingerprint density at radius 2 is 1.58 bits per heavy atom. The highest BCUT2D eigenvalue weighted by Crippen LogP contribution is 2.20. The molecule has 6 nitrogen and oxygen atoms in total. The minimum absolute atomic E-state index is 0. The zero-order chi connectivity index (χ0) is 22.0. The highest BCUT2D eigenvalue weighted by atomic mass is 127. The van der Waals surface area contributed by atoms with Crippen LogP contribution in [0.15, 0.2) is 103 Å². The zero-order valence-electron chi connectivity index (χ0n) is 18.6. The normalized spacial score (nSPS) is 12.0. The van der Waals surface area contributed by atoms with Crippen LogP contribution in [0.2, 0.25) is 0 Å². The first-order valence-electron chi connectivity index (χ1n) is 10.8. The second kappa shape index (κ2) is 12.7. The van der Waals surface area contributed by atoms with Gasteiger partial charge in [-0.2, -0.15) is 5.10 Å². The number of nitrogens with zero attached hydrogens (tertiary/aromatic N) is 4. The second-order valence-corrected chi connectivity index (χ2v) is 7.61. The van der Waals surface area contributed by atoms with Gasteiger partial charge in [-0.15, -0.1) is 24.0 Å². The molecule has 0 saturated heterocycles. The van der Waals surface area contributed by atoms with Gasteiger partial charge in [0.15, 0.2) is 5.96 Å². The number of hydrogen-bond acceptors (Lipinski definition) is 3. The molecular formula is C26H29IN6. The maximum Gasteiger partial charge on any atom is 0.191 e. The third-order valence-corrected chi connectivity index (χ3v) is 5.42. The highest BCUT2D eigenvalue weighted by Gasteiger charge is 2.13. The molecule has 3 aromatic carbocycles. The lowest BCUT2D eigenvalue weighted by atomic mass is 9.92. The van der Waals surface area contributed by atoms with Crippen LogP contribution in [-0.4, -0.2) is 34.3 Å². The lowest BCUT2D eigenvalue weighted by molar-refractivity contribution is 0.644. The fourth-order valence-corrected chi connectivity index (χ4v) is 3.67. The molecule has 1 heterocycles. The van der Waals surface area contributed by atoms with E-state index in [1.807, 2.05) is 12.1 Å². The average Bonchev–Trinajstić information content (AvgIpc) is 3.40. The van der Waals surface area contributed by atoms with Crippen molar-refractivity contribution in [2.24, 2.45) is 4.99 Å². The van der Waals surface area contributed by atoms with Crippen molar-refractivity contribution in [1.82, 2.24) is 25.4 Å². The van der Waals surface area contributed by atoms with E-state index in [1.54, 1.807) is 18.1 Å². The molecule has 0 fully saturated rings. The molecule has 2 N–H and O–H groups in total. The number of hydrogen-bond donors (Lipinski definition) is 2. The van der Waals surface area contributed by atoms with E-state index in [1.165, 1.54) is 23.0 Å². The lowest BCUT2D eigenvalue weighted by Gasteiger charge is -2.20. The Morgan fingerprint density at radius 3 is 2.21 bits per heavy atom. The van der Waals surface area contributed by atoms with Gasteiger partial charge in [-0.1, -0.05) is 72.8 Å². The predicted octanol–water partition coefficient (Wildman–Crippen LogP) is 4.58. The van der Waals surface area contributed by atoms with Crippen LogP contribution in [0.1, 0.15) is 22.6 Å². The van der Waals surface area contributed by atoms with Gasteiger partial charge in [0.05, 0.1) is 5.69 Å². The van der Waals surface area contributed by atoms with Crippen LogP contribution in [0.5, 0.6) is 0 Å². The van der Waals surface area contributed by atoms with Gasteiger partial charge in [-0.3, -0.25) is 4.99 Å². The number of halogens is 1. The van der Waals surface area contributed by atoms with Crippen LogP contribution in [-0.2, 0) is 13.0 Å². The third-order valence-electron chi connectivity index (χ3n) is 5.42. The maximum atomic E-state index is 4.41. The molecule has 4 rings (SSSR count). The summed E-state index contributed by atoms with van der Waals surface area (Å²) in [5, 5.41) is 11.1. The monoisotopic (exact) mass is 552 g/mol. The summed E-state index contributed by atoms with van der Waals surface area (Å²) in [4.78, 5) is 8.40. The molecule has 7 heteroatoms. The fourth-order valence-electron chi connectivity index (χ4n) is 3.67. The van der Waals surface area contributed by atoms with E-state index in [9.17, 15) is 0 Å². The Kier molecular flexibility index (Phi) is 9.44. The van der Waals surface area contributed by atoms with Crippen LogP contribution < -0.4 is 10.6 Å². The highest BCUT2D eigenvalue weighted by molar-refractivity contribution is 14.0. The van der Waals surface area contributed by atoms with Crippen molar-refractivity contribution < 1.29 is 0 Å². The minimum atomic E-state index is 0. The number of guanidine groups is 1. The quantitative estimate of drug-likeness (QED) is 0.191. The van der Waals surface area contributed by atoms with E-state index in [-0.39, 0.29) is 24.0 Å². The summed E-state index contributed by atoms with van der Waals surface area (Å²) in [6.45, 7) is 1.48. The summed E-state index contributed by atoms with van der Waals surface area (Å²) in [6, 6.07) is 29.5. The van der Waals surface area contributed by atoms with Gasteiger partial charge in [0.25, 0.3) is 0 Å². The van der Waals surface area contributed by atoms with E-state index in [0.717, 1.165) is 24.6 Å². The summed E-state index contributed by atoms with van der Waals surface area (Å²) in [7, 11) is 1.80. The third kappa shape index (κ3) is 7.15. The molecule has 1 atom stereocenters. The number of rotatable bonds is 8. The van der Waals surface area contributed by atoms with Gasteiger partial charge in [0.1, 0.15) is 12.7 Å². The molecule has 0 amide bonds. The second-order valence-electron chi connectivity index (χ2n) is 7.61. The standard InChI is InChI=1S/C26H28N6.HI/c1-27-26(29-17-22-12-14-25(15-13-22)32-20-28-19-31-32)30-18-24(23-10-6-3-7-11-23)16-21-8-4-2-5-9-21;/h2-15,19-20,24H,16-18H2,1H3,(H2,27,29,30);1H. The smallest absolute Gasteiger partial charge is 0.191 e. The summed E-state index contributed by atoms with van der Waals surface area (Å²) < 4.78 is 1.74. The van der Waals surface area contributed by atoms with E-state index in [2.05, 4.69) is 98.5 Å². The van der Waals surface area contributed by atoms with Crippen LogP contribution in [0.4, 0.5) is 0 Å². The van der Waals surface area contributed by atoms with Gasteiger partial charge in [-0.05, 0) is 35.2 Å². The summed E-state index contributed by atoms with van der Waals surface area (Å²) in [5.74, 6) is 1.14. The Morgan fingerprint density at radius 1 is 0.879 bits per heavy atom. The van der Waals surface area contributed by atoms with Crippen molar-refractivity contribution in [3.05, 3.63) is 114 Å². The Hall–Kier alpha value is -3.20. The van der Waals surface area contributed by atoms with Crippen molar-refractivity contribution in [2.75, 3.05) is 13.6 Å². The van der Waals surface area contributed by atoms with E-state index in [0.29, 0.717) is 12.5 Å². The molecule has 0 aliphatic rings. The SMILES string of the molecule is CN=C(NCc1ccc(-n2cncn2)cc1)NCC(Cc1ccccc1)c1ccccc1.I. The number of benzene rings is 3. The Bertz CT molecular complexity index is 1100. The molecule has 0 bridgehead atoms. The molecule has 1 aromatic heterocycles. The average molecular weight is 552 g/mol. The first kappa shape index (κ1) is 24.4. The molecule has 0 saturated carbocycles.